The summed E-state index contributed by atoms with van der Waals surface area (Å²) in [5.41, 5.74) is 0. The van der Waals surface area contributed by atoms with Crippen molar-refractivity contribution in [2.24, 2.45) is 11.8 Å². The van der Waals surface area contributed by atoms with Crippen molar-refractivity contribution < 1.29 is 9.90 Å². The SMILES string of the molecule is O=C(O)C1CCc2nnc(CC3CCCSC3)n2C1. The van der Waals surface area contributed by atoms with Gasteiger partial charge in [-0.1, -0.05) is 0 Å². The van der Waals surface area contributed by atoms with E-state index in [1.54, 1.807) is 0 Å². The van der Waals surface area contributed by atoms with Crippen LogP contribution in [0.2, 0.25) is 0 Å². The van der Waals surface area contributed by atoms with Gasteiger partial charge in [-0.05, 0) is 36.7 Å². The second kappa shape index (κ2) is 5.53. The zero-order valence-corrected chi connectivity index (χ0v) is 11.7. The number of hydrogen-bond donors (Lipinski definition) is 1. The molecule has 0 radical (unpaired) electrons. The molecule has 1 aromatic heterocycles. The molecular formula is C13H19N3O2S. The van der Waals surface area contributed by atoms with Gasteiger partial charge in [0.2, 0.25) is 0 Å². The highest BCUT2D eigenvalue weighted by atomic mass is 32.2. The van der Waals surface area contributed by atoms with Gasteiger partial charge in [-0.3, -0.25) is 4.79 Å². The van der Waals surface area contributed by atoms with Crippen molar-refractivity contribution in [3.05, 3.63) is 11.6 Å². The van der Waals surface area contributed by atoms with Gasteiger partial charge in [-0.2, -0.15) is 11.8 Å². The molecule has 6 heteroatoms. The summed E-state index contributed by atoms with van der Waals surface area (Å²) < 4.78 is 2.06. The van der Waals surface area contributed by atoms with Crippen molar-refractivity contribution in [1.82, 2.24) is 14.8 Å². The number of carbonyl (C=O) groups is 1. The average Bonchev–Trinajstić information content (AvgIpc) is 2.82. The van der Waals surface area contributed by atoms with Crippen LogP contribution >= 0.6 is 11.8 Å². The maximum absolute atomic E-state index is 11.1. The van der Waals surface area contributed by atoms with E-state index in [2.05, 4.69) is 14.8 Å². The predicted molar refractivity (Wildman–Crippen MR) is 73.2 cm³/mol. The number of carboxylic acids is 1. The highest BCUT2D eigenvalue weighted by Crippen LogP contribution is 2.27. The van der Waals surface area contributed by atoms with E-state index >= 15 is 0 Å². The first-order chi connectivity index (χ1) is 9.24. The summed E-state index contributed by atoms with van der Waals surface area (Å²) in [7, 11) is 0. The van der Waals surface area contributed by atoms with Gasteiger partial charge in [0.25, 0.3) is 0 Å². The standard InChI is InChI=1S/C13H19N3O2S/c17-13(18)10-3-4-11-14-15-12(16(11)7-10)6-9-2-1-5-19-8-9/h9-10H,1-8H2,(H,17,18). The Morgan fingerprint density at radius 1 is 1.42 bits per heavy atom. The summed E-state index contributed by atoms with van der Waals surface area (Å²) >= 11 is 2.02. The lowest BCUT2D eigenvalue weighted by atomic mass is 9.98. The van der Waals surface area contributed by atoms with E-state index in [0.717, 1.165) is 24.5 Å². The molecule has 0 aliphatic carbocycles. The Labute approximate surface area is 116 Å². The lowest BCUT2D eigenvalue weighted by molar-refractivity contribution is -0.142. The largest absolute Gasteiger partial charge is 0.481 e. The molecule has 19 heavy (non-hydrogen) atoms. The zero-order chi connectivity index (χ0) is 13.2. The van der Waals surface area contributed by atoms with Gasteiger partial charge < -0.3 is 9.67 Å². The molecule has 0 saturated carbocycles. The van der Waals surface area contributed by atoms with Crippen LogP contribution < -0.4 is 0 Å². The molecular weight excluding hydrogens is 262 g/mol. The quantitative estimate of drug-likeness (QED) is 0.911. The Morgan fingerprint density at radius 3 is 3.05 bits per heavy atom. The molecule has 0 spiro atoms. The lowest BCUT2D eigenvalue weighted by Gasteiger charge is -2.24. The molecule has 0 aromatic carbocycles. The minimum atomic E-state index is -0.696. The van der Waals surface area contributed by atoms with E-state index in [0.29, 0.717) is 18.9 Å². The molecule has 3 heterocycles. The van der Waals surface area contributed by atoms with Crippen LogP contribution in [0.5, 0.6) is 0 Å². The normalized spacial score (nSPS) is 26.9. The van der Waals surface area contributed by atoms with Gasteiger partial charge in [0.15, 0.2) is 0 Å². The molecule has 2 atom stereocenters. The summed E-state index contributed by atoms with van der Waals surface area (Å²) in [6, 6.07) is 0. The predicted octanol–water partition coefficient (Wildman–Crippen LogP) is 1.61. The van der Waals surface area contributed by atoms with E-state index in [1.807, 2.05) is 11.8 Å². The summed E-state index contributed by atoms with van der Waals surface area (Å²) in [5.74, 6) is 4.14. The van der Waals surface area contributed by atoms with E-state index in [1.165, 1.54) is 24.3 Å². The van der Waals surface area contributed by atoms with Crippen molar-refractivity contribution in [2.45, 2.75) is 38.6 Å². The molecule has 2 unspecified atom stereocenters. The molecule has 2 aliphatic heterocycles. The fraction of sp³-hybridized carbons (Fsp3) is 0.769. The number of thioether (sulfide) groups is 1. The number of aliphatic carboxylic acids is 1. The van der Waals surface area contributed by atoms with E-state index in [-0.39, 0.29) is 5.92 Å². The smallest absolute Gasteiger partial charge is 0.308 e. The maximum Gasteiger partial charge on any atom is 0.308 e. The third-order valence-corrected chi connectivity index (χ3v) is 5.38. The number of carboxylic acid groups (broad SMARTS) is 1. The first-order valence-corrected chi connectivity index (χ1v) is 8.11. The van der Waals surface area contributed by atoms with Gasteiger partial charge in [0, 0.05) is 19.4 Å². The second-order valence-corrected chi connectivity index (χ2v) is 6.65. The zero-order valence-electron chi connectivity index (χ0n) is 10.9. The van der Waals surface area contributed by atoms with Gasteiger partial charge in [-0.25, -0.2) is 0 Å². The third-order valence-electron chi connectivity index (χ3n) is 4.10. The van der Waals surface area contributed by atoms with E-state index in [4.69, 9.17) is 5.11 Å². The van der Waals surface area contributed by atoms with Crippen LogP contribution in [0.1, 0.15) is 30.9 Å². The third kappa shape index (κ3) is 2.78. The van der Waals surface area contributed by atoms with Crippen LogP contribution in [0.25, 0.3) is 0 Å². The summed E-state index contributed by atoms with van der Waals surface area (Å²) in [4.78, 5) is 11.1. The minimum absolute atomic E-state index is 0.275. The van der Waals surface area contributed by atoms with Crippen molar-refractivity contribution in [3.8, 4) is 0 Å². The van der Waals surface area contributed by atoms with Gasteiger partial charge in [0.1, 0.15) is 11.6 Å². The molecule has 104 valence electrons. The number of aromatic nitrogens is 3. The summed E-state index contributed by atoms with van der Waals surface area (Å²) in [6.45, 7) is 0.548. The van der Waals surface area contributed by atoms with Crippen LogP contribution in [0.15, 0.2) is 0 Å². The highest BCUT2D eigenvalue weighted by Gasteiger charge is 2.28. The lowest BCUT2D eigenvalue weighted by Crippen LogP contribution is -2.28. The molecule has 5 nitrogen and oxygen atoms in total. The van der Waals surface area contributed by atoms with Gasteiger partial charge in [-0.15, -0.1) is 10.2 Å². The topological polar surface area (TPSA) is 68.0 Å². The Hall–Kier alpha value is -1.04. The fourth-order valence-corrected chi connectivity index (χ4v) is 4.12. The maximum atomic E-state index is 11.1. The van der Waals surface area contributed by atoms with Crippen molar-refractivity contribution in [2.75, 3.05) is 11.5 Å². The van der Waals surface area contributed by atoms with E-state index < -0.39 is 5.97 Å². The number of fused-ring (bicyclic) bond motifs is 1. The molecule has 2 aliphatic rings. The number of aryl methyl sites for hydroxylation is 1. The van der Waals surface area contributed by atoms with Crippen LogP contribution in [0.4, 0.5) is 0 Å². The first-order valence-electron chi connectivity index (χ1n) is 6.95. The minimum Gasteiger partial charge on any atom is -0.481 e. The van der Waals surface area contributed by atoms with Crippen molar-refractivity contribution >= 4 is 17.7 Å². The Bertz CT molecular complexity index is 468. The monoisotopic (exact) mass is 281 g/mol. The fourth-order valence-electron chi connectivity index (χ4n) is 2.96. The molecule has 0 amide bonds. The Balaban J connectivity index is 1.73. The van der Waals surface area contributed by atoms with Crippen molar-refractivity contribution in [3.63, 3.8) is 0 Å². The first kappa shape index (κ1) is 13.0. The van der Waals surface area contributed by atoms with Crippen molar-refractivity contribution in [1.29, 1.82) is 0 Å². The molecule has 1 N–H and O–H groups in total. The molecule has 1 fully saturated rings. The number of hydrogen-bond acceptors (Lipinski definition) is 4. The van der Waals surface area contributed by atoms with E-state index in [9.17, 15) is 4.79 Å². The molecule has 1 aromatic rings. The highest BCUT2D eigenvalue weighted by molar-refractivity contribution is 7.99. The van der Waals surface area contributed by atoms with Crippen LogP contribution in [-0.2, 0) is 24.2 Å². The number of nitrogens with zero attached hydrogens (tertiary/aromatic N) is 3. The number of rotatable bonds is 3. The molecule has 1 saturated heterocycles. The van der Waals surface area contributed by atoms with Crippen LogP contribution in [0, 0.1) is 11.8 Å². The van der Waals surface area contributed by atoms with Gasteiger partial charge in [0.05, 0.1) is 5.92 Å². The Kier molecular flexibility index (Phi) is 3.77. The summed E-state index contributed by atoms with van der Waals surface area (Å²) in [6.07, 6.45) is 4.92. The van der Waals surface area contributed by atoms with Crippen LogP contribution in [-0.4, -0.2) is 37.3 Å². The van der Waals surface area contributed by atoms with Gasteiger partial charge >= 0.3 is 5.97 Å². The summed E-state index contributed by atoms with van der Waals surface area (Å²) in [5, 5.41) is 17.7. The van der Waals surface area contributed by atoms with Crippen LogP contribution in [0.3, 0.4) is 0 Å². The Morgan fingerprint density at radius 2 is 2.32 bits per heavy atom. The second-order valence-electron chi connectivity index (χ2n) is 5.50. The molecule has 3 rings (SSSR count). The molecule has 0 bridgehead atoms. The average molecular weight is 281 g/mol.